The number of nitrogens with zero attached hydrogens (tertiary/aromatic N) is 1. The van der Waals surface area contributed by atoms with Gasteiger partial charge in [0.2, 0.25) is 0 Å². The first-order valence-corrected chi connectivity index (χ1v) is 12.0. The van der Waals surface area contributed by atoms with Crippen LogP contribution in [-0.4, -0.2) is 23.7 Å². The van der Waals surface area contributed by atoms with Gasteiger partial charge in [0, 0.05) is 29.2 Å². The second-order valence-electron chi connectivity index (χ2n) is 9.06. The highest BCUT2D eigenvalue weighted by Gasteiger charge is 2.33. The SMILES string of the molecule is O=c1ccc2ccc(Nc3ccc(NC4CCNCC4)cc3)cc2n1Cc1ccccc1C(F)(F)F. The maximum absolute atomic E-state index is 13.5. The van der Waals surface area contributed by atoms with E-state index in [-0.39, 0.29) is 17.7 Å². The fourth-order valence-corrected chi connectivity index (χ4v) is 4.65. The smallest absolute Gasteiger partial charge is 0.382 e. The minimum absolute atomic E-state index is 0.0507. The number of hydrogen-bond acceptors (Lipinski definition) is 4. The molecule has 0 radical (unpaired) electrons. The number of piperidine rings is 1. The number of alkyl halides is 3. The Kier molecular flexibility index (Phi) is 6.69. The van der Waals surface area contributed by atoms with Gasteiger partial charge in [0.25, 0.3) is 5.56 Å². The molecule has 8 heteroatoms. The Bertz CT molecular complexity index is 1410. The first-order valence-electron chi connectivity index (χ1n) is 12.0. The van der Waals surface area contributed by atoms with Gasteiger partial charge in [-0.05, 0) is 85.4 Å². The second-order valence-corrected chi connectivity index (χ2v) is 9.06. The molecule has 0 atom stereocenters. The van der Waals surface area contributed by atoms with Crippen LogP contribution in [0.3, 0.4) is 0 Å². The van der Waals surface area contributed by atoms with E-state index in [9.17, 15) is 18.0 Å². The summed E-state index contributed by atoms with van der Waals surface area (Å²) < 4.78 is 42.0. The molecule has 5 nitrogen and oxygen atoms in total. The van der Waals surface area contributed by atoms with Crippen molar-refractivity contribution in [2.24, 2.45) is 0 Å². The molecule has 186 valence electrons. The molecule has 36 heavy (non-hydrogen) atoms. The molecular formula is C28H27F3N4O. The van der Waals surface area contributed by atoms with E-state index in [1.165, 1.54) is 22.8 Å². The topological polar surface area (TPSA) is 58.1 Å². The van der Waals surface area contributed by atoms with Crippen LogP contribution in [0.5, 0.6) is 0 Å². The van der Waals surface area contributed by atoms with Gasteiger partial charge in [-0.1, -0.05) is 24.3 Å². The van der Waals surface area contributed by atoms with Crippen LogP contribution in [0.2, 0.25) is 0 Å². The van der Waals surface area contributed by atoms with Gasteiger partial charge in [0.1, 0.15) is 0 Å². The molecule has 0 saturated carbocycles. The van der Waals surface area contributed by atoms with Gasteiger partial charge in [-0.2, -0.15) is 13.2 Å². The van der Waals surface area contributed by atoms with E-state index in [4.69, 9.17) is 0 Å². The van der Waals surface area contributed by atoms with Crippen LogP contribution in [0.1, 0.15) is 24.0 Å². The molecule has 1 fully saturated rings. The highest BCUT2D eigenvalue weighted by Crippen LogP contribution is 2.32. The molecular weight excluding hydrogens is 465 g/mol. The Morgan fingerprint density at radius 2 is 1.53 bits per heavy atom. The number of anilines is 3. The largest absolute Gasteiger partial charge is 0.416 e. The van der Waals surface area contributed by atoms with Crippen molar-refractivity contribution >= 4 is 28.0 Å². The van der Waals surface area contributed by atoms with Crippen molar-refractivity contribution in [1.29, 1.82) is 0 Å². The van der Waals surface area contributed by atoms with Crippen LogP contribution in [0.15, 0.2) is 83.7 Å². The van der Waals surface area contributed by atoms with E-state index >= 15 is 0 Å². The molecule has 1 aromatic heterocycles. The van der Waals surface area contributed by atoms with Crippen molar-refractivity contribution in [3.63, 3.8) is 0 Å². The molecule has 0 bridgehead atoms. The van der Waals surface area contributed by atoms with E-state index in [1.807, 2.05) is 36.4 Å². The molecule has 3 N–H and O–H groups in total. The lowest BCUT2D eigenvalue weighted by molar-refractivity contribution is -0.138. The molecule has 4 aromatic rings. The molecule has 0 unspecified atom stereocenters. The van der Waals surface area contributed by atoms with E-state index in [2.05, 4.69) is 16.0 Å². The lowest BCUT2D eigenvalue weighted by Crippen LogP contribution is -2.35. The van der Waals surface area contributed by atoms with Crippen molar-refractivity contribution in [2.75, 3.05) is 23.7 Å². The molecule has 0 amide bonds. The van der Waals surface area contributed by atoms with Crippen LogP contribution < -0.4 is 21.5 Å². The Balaban J connectivity index is 1.40. The molecule has 5 rings (SSSR count). The molecule has 1 saturated heterocycles. The summed E-state index contributed by atoms with van der Waals surface area (Å²) in [5.41, 5.74) is 2.19. The molecule has 0 aliphatic carbocycles. The average molecular weight is 493 g/mol. The first-order chi connectivity index (χ1) is 17.4. The zero-order chi connectivity index (χ0) is 25.1. The van der Waals surface area contributed by atoms with E-state index in [1.54, 1.807) is 18.2 Å². The zero-order valence-electron chi connectivity index (χ0n) is 19.6. The Hall–Kier alpha value is -3.78. The van der Waals surface area contributed by atoms with E-state index in [0.717, 1.165) is 54.4 Å². The fourth-order valence-electron chi connectivity index (χ4n) is 4.65. The lowest BCUT2D eigenvalue weighted by atomic mass is 10.1. The number of halogens is 3. The van der Waals surface area contributed by atoms with E-state index < -0.39 is 11.7 Å². The predicted molar refractivity (Wildman–Crippen MR) is 138 cm³/mol. The van der Waals surface area contributed by atoms with Crippen LogP contribution >= 0.6 is 0 Å². The van der Waals surface area contributed by atoms with Crippen molar-refractivity contribution in [1.82, 2.24) is 9.88 Å². The number of pyridine rings is 1. The number of aromatic nitrogens is 1. The Labute approximate surface area is 207 Å². The number of hydrogen-bond donors (Lipinski definition) is 3. The third-order valence-corrected chi connectivity index (χ3v) is 6.53. The van der Waals surface area contributed by atoms with Crippen LogP contribution in [0.25, 0.3) is 10.9 Å². The third-order valence-electron chi connectivity index (χ3n) is 6.53. The second kappa shape index (κ2) is 10.1. The molecule has 2 heterocycles. The van der Waals surface area contributed by atoms with Gasteiger partial charge >= 0.3 is 6.18 Å². The number of rotatable bonds is 6. The van der Waals surface area contributed by atoms with E-state index in [0.29, 0.717) is 11.6 Å². The summed E-state index contributed by atoms with van der Waals surface area (Å²) in [5.74, 6) is 0. The van der Waals surface area contributed by atoms with Gasteiger partial charge in [-0.25, -0.2) is 0 Å². The van der Waals surface area contributed by atoms with Crippen molar-refractivity contribution in [3.05, 3.63) is 100 Å². The quantitative estimate of drug-likeness (QED) is 0.310. The zero-order valence-corrected chi connectivity index (χ0v) is 19.6. The maximum atomic E-state index is 13.5. The normalized spacial score (nSPS) is 14.6. The van der Waals surface area contributed by atoms with Gasteiger partial charge < -0.3 is 20.5 Å². The van der Waals surface area contributed by atoms with Crippen molar-refractivity contribution < 1.29 is 13.2 Å². The summed E-state index contributed by atoms with van der Waals surface area (Å²) in [4.78, 5) is 12.7. The summed E-state index contributed by atoms with van der Waals surface area (Å²) in [6, 6.07) is 22.5. The van der Waals surface area contributed by atoms with Crippen LogP contribution in [0.4, 0.5) is 30.2 Å². The van der Waals surface area contributed by atoms with Gasteiger partial charge in [0.15, 0.2) is 0 Å². The fraction of sp³-hybridized carbons (Fsp3) is 0.250. The number of fused-ring (bicyclic) bond motifs is 1. The summed E-state index contributed by atoms with van der Waals surface area (Å²) in [6.45, 7) is 1.87. The maximum Gasteiger partial charge on any atom is 0.416 e. The van der Waals surface area contributed by atoms with Crippen LogP contribution in [-0.2, 0) is 12.7 Å². The summed E-state index contributed by atoms with van der Waals surface area (Å²) in [6.07, 6.45) is -2.31. The lowest BCUT2D eigenvalue weighted by Gasteiger charge is -2.24. The minimum Gasteiger partial charge on any atom is -0.382 e. The van der Waals surface area contributed by atoms with Crippen molar-refractivity contribution in [2.45, 2.75) is 31.6 Å². The van der Waals surface area contributed by atoms with Gasteiger partial charge in [0.05, 0.1) is 17.6 Å². The van der Waals surface area contributed by atoms with Gasteiger partial charge in [-0.3, -0.25) is 4.79 Å². The predicted octanol–water partition coefficient (Wildman–Crippen LogP) is 5.98. The van der Waals surface area contributed by atoms with Crippen molar-refractivity contribution in [3.8, 4) is 0 Å². The molecule has 0 spiro atoms. The summed E-state index contributed by atoms with van der Waals surface area (Å²) in [7, 11) is 0. The standard InChI is InChI=1S/C28H27F3N4O/c29-28(30,31)25-4-2-1-3-20(25)18-35-26-17-24(7-5-19(26)6-12-27(35)36)34-22-10-8-21(9-11-22)33-23-13-15-32-16-14-23/h1-12,17,23,32-34H,13-16,18H2. The summed E-state index contributed by atoms with van der Waals surface area (Å²) >= 11 is 0. The monoisotopic (exact) mass is 492 g/mol. The molecule has 3 aromatic carbocycles. The number of nitrogens with one attached hydrogen (secondary N) is 3. The minimum atomic E-state index is -4.49. The molecule has 1 aliphatic rings. The third kappa shape index (κ3) is 5.39. The highest BCUT2D eigenvalue weighted by atomic mass is 19.4. The Morgan fingerprint density at radius 3 is 2.28 bits per heavy atom. The Morgan fingerprint density at radius 1 is 0.861 bits per heavy atom. The van der Waals surface area contributed by atoms with Crippen LogP contribution in [0, 0.1) is 0 Å². The summed E-state index contributed by atoms with van der Waals surface area (Å²) in [5, 5.41) is 11.0. The highest BCUT2D eigenvalue weighted by molar-refractivity contribution is 5.84. The first kappa shape index (κ1) is 23.9. The molecule has 1 aliphatic heterocycles. The van der Waals surface area contributed by atoms with Gasteiger partial charge in [-0.15, -0.1) is 0 Å². The average Bonchev–Trinajstić information content (AvgIpc) is 2.87. The number of benzene rings is 3.